The van der Waals surface area contributed by atoms with Crippen LogP contribution >= 0.6 is 0 Å². The minimum atomic E-state index is -4.85. The molecular formula is C15H15F5O4. The second-order valence-corrected chi connectivity index (χ2v) is 5.78. The molecule has 4 nitrogen and oxygen atoms in total. The Morgan fingerprint density at radius 2 is 1.92 bits per heavy atom. The first-order valence-corrected chi connectivity index (χ1v) is 6.95. The summed E-state index contributed by atoms with van der Waals surface area (Å²) in [5, 5.41) is 9.25. The average Bonchev–Trinajstić information content (AvgIpc) is 2.75. The molecule has 24 heavy (non-hydrogen) atoms. The van der Waals surface area contributed by atoms with E-state index in [0.29, 0.717) is 6.07 Å². The van der Waals surface area contributed by atoms with Gasteiger partial charge in [0.25, 0.3) is 0 Å². The number of halogens is 5. The molecule has 0 bridgehead atoms. The molecule has 0 aromatic heterocycles. The zero-order valence-corrected chi connectivity index (χ0v) is 12.9. The quantitative estimate of drug-likeness (QED) is 0.845. The van der Waals surface area contributed by atoms with Gasteiger partial charge in [0, 0.05) is 17.4 Å². The molecule has 0 unspecified atom stereocenters. The molecule has 9 heteroatoms. The normalized spacial score (nSPS) is 30.4. The van der Waals surface area contributed by atoms with Gasteiger partial charge in [-0.3, -0.25) is 0 Å². The van der Waals surface area contributed by atoms with Gasteiger partial charge in [0.2, 0.25) is 5.82 Å². The van der Waals surface area contributed by atoms with E-state index in [1.165, 1.54) is 0 Å². The van der Waals surface area contributed by atoms with Gasteiger partial charge < -0.3 is 14.6 Å². The number of methoxy groups -OCH3 is 1. The standard InChI is InChI=1S/C15H15F5O4/c1-6-9(7-4-5-8(16)10(17)11(7)23-3)12(13(21)22)24-14(6,2)15(18,19)20/h4-6,9,12H,1-3H3,(H,21,22)/t6-,9-,12-,14+/m0/s1. The summed E-state index contributed by atoms with van der Waals surface area (Å²) in [4.78, 5) is 11.4. The number of aliphatic carboxylic acids is 1. The second-order valence-electron chi connectivity index (χ2n) is 5.78. The van der Waals surface area contributed by atoms with Crippen LogP contribution in [0.5, 0.6) is 5.75 Å². The number of hydrogen-bond acceptors (Lipinski definition) is 3. The molecule has 134 valence electrons. The number of carboxylic acids is 1. The number of hydrogen-bond donors (Lipinski definition) is 1. The summed E-state index contributed by atoms with van der Waals surface area (Å²) < 4.78 is 76.9. The molecule has 1 aromatic rings. The molecule has 1 aliphatic heterocycles. The Labute approximate surface area is 134 Å². The van der Waals surface area contributed by atoms with Gasteiger partial charge in [0.1, 0.15) is 0 Å². The molecule has 1 aliphatic rings. The van der Waals surface area contributed by atoms with Crippen LogP contribution in [-0.2, 0) is 9.53 Å². The van der Waals surface area contributed by atoms with Crippen LogP contribution in [-0.4, -0.2) is 36.1 Å². The Balaban J connectivity index is 2.64. The third-order valence-electron chi connectivity index (χ3n) is 4.56. The summed E-state index contributed by atoms with van der Waals surface area (Å²) in [5.41, 5.74) is -2.94. The lowest BCUT2D eigenvalue weighted by atomic mass is 9.77. The fourth-order valence-corrected chi connectivity index (χ4v) is 3.03. The zero-order valence-electron chi connectivity index (χ0n) is 12.9. The van der Waals surface area contributed by atoms with E-state index in [1.54, 1.807) is 0 Å². The Morgan fingerprint density at radius 3 is 2.38 bits per heavy atom. The van der Waals surface area contributed by atoms with E-state index < -0.39 is 53.1 Å². The highest BCUT2D eigenvalue weighted by Crippen LogP contribution is 2.54. The molecule has 0 aliphatic carbocycles. The van der Waals surface area contributed by atoms with E-state index in [1.807, 2.05) is 0 Å². The monoisotopic (exact) mass is 354 g/mol. The topological polar surface area (TPSA) is 55.8 Å². The van der Waals surface area contributed by atoms with Gasteiger partial charge in [-0.25, -0.2) is 9.18 Å². The van der Waals surface area contributed by atoms with Crippen molar-refractivity contribution in [1.82, 2.24) is 0 Å². The molecular weight excluding hydrogens is 339 g/mol. The zero-order chi connectivity index (χ0) is 18.4. The third kappa shape index (κ3) is 2.60. The first-order valence-electron chi connectivity index (χ1n) is 6.95. The summed E-state index contributed by atoms with van der Waals surface area (Å²) in [6.45, 7) is 1.89. The van der Waals surface area contributed by atoms with E-state index in [4.69, 9.17) is 9.47 Å². The summed E-state index contributed by atoms with van der Waals surface area (Å²) in [5.74, 6) is -7.67. The van der Waals surface area contributed by atoms with Crippen LogP contribution in [0.15, 0.2) is 12.1 Å². The smallest absolute Gasteiger partial charge is 0.417 e. The van der Waals surface area contributed by atoms with Crippen molar-refractivity contribution in [2.75, 3.05) is 7.11 Å². The van der Waals surface area contributed by atoms with Gasteiger partial charge in [-0.1, -0.05) is 13.0 Å². The van der Waals surface area contributed by atoms with E-state index in [9.17, 15) is 31.9 Å². The molecule has 4 atom stereocenters. The molecule has 0 radical (unpaired) electrons. The Kier molecular flexibility index (Phi) is 4.51. The van der Waals surface area contributed by atoms with Gasteiger partial charge in [-0.2, -0.15) is 17.6 Å². The minimum Gasteiger partial charge on any atom is -0.493 e. The SMILES string of the molecule is COc1c([C@H]2[C@@H](C(=O)O)O[C@@](C)(C(F)(F)F)[C@H]2C)ccc(F)c1F. The largest absolute Gasteiger partial charge is 0.493 e. The molecule has 1 saturated heterocycles. The minimum absolute atomic E-state index is 0.190. The number of alkyl halides is 3. The fourth-order valence-electron chi connectivity index (χ4n) is 3.03. The second kappa shape index (κ2) is 5.87. The Bertz CT molecular complexity index is 660. The molecule has 0 saturated carbocycles. The number of carbonyl (C=O) groups is 1. The van der Waals surface area contributed by atoms with Gasteiger partial charge in [0.15, 0.2) is 23.3 Å². The number of benzene rings is 1. The van der Waals surface area contributed by atoms with Crippen LogP contribution in [0.4, 0.5) is 22.0 Å². The Hall–Kier alpha value is -1.90. The van der Waals surface area contributed by atoms with Crippen LogP contribution in [0.3, 0.4) is 0 Å². The van der Waals surface area contributed by atoms with E-state index in [2.05, 4.69) is 0 Å². The van der Waals surface area contributed by atoms with Crippen molar-refractivity contribution in [2.24, 2.45) is 5.92 Å². The molecule has 2 rings (SSSR count). The highest BCUT2D eigenvalue weighted by atomic mass is 19.4. The van der Waals surface area contributed by atoms with E-state index in [0.717, 1.165) is 27.0 Å². The lowest BCUT2D eigenvalue weighted by molar-refractivity contribution is -0.273. The van der Waals surface area contributed by atoms with E-state index >= 15 is 0 Å². The van der Waals surface area contributed by atoms with Gasteiger partial charge in [-0.15, -0.1) is 0 Å². The molecule has 0 spiro atoms. The average molecular weight is 354 g/mol. The van der Waals surface area contributed by atoms with Crippen LogP contribution in [0.25, 0.3) is 0 Å². The van der Waals surface area contributed by atoms with Crippen molar-refractivity contribution in [3.8, 4) is 5.75 Å². The number of carboxylic acid groups (broad SMARTS) is 1. The van der Waals surface area contributed by atoms with Crippen molar-refractivity contribution in [3.05, 3.63) is 29.3 Å². The van der Waals surface area contributed by atoms with E-state index in [-0.39, 0.29) is 5.56 Å². The fraction of sp³-hybridized carbons (Fsp3) is 0.533. The van der Waals surface area contributed by atoms with Crippen molar-refractivity contribution in [2.45, 2.75) is 37.6 Å². The molecule has 1 N–H and O–H groups in total. The summed E-state index contributed by atoms with van der Waals surface area (Å²) in [6.07, 6.45) is -6.73. The van der Waals surface area contributed by atoms with Crippen molar-refractivity contribution >= 4 is 5.97 Å². The lowest BCUT2D eigenvalue weighted by Gasteiger charge is -2.31. The molecule has 0 amide bonds. The van der Waals surface area contributed by atoms with Crippen LogP contribution < -0.4 is 4.74 Å². The maximum atomic E-state index is 13.9. The number of ether oxygens (including phenoxy) is 2. The van der Waals surface area contributed by atoms with Crippen molar-refractivity contribution < 1.29 is 41.3 Å². The summed E-state index contributed by atoms with van der Waals surface area (Å²) >= 11 is 0. The van der Waals surface area contributed by atoms with Crippen LogP contribution in [0.1, 0.15) is 25.3 Å². The molecule has 1 heterocycles. The van der Waals surface area contributed by atoms with Gasteiger partial charge >= 0.3 is 12.1 Å². The van der Waals surface area contributed by atoms with Crippen LogP contribution in [0, 0.1) is 17.6 Å². The predicted molar refractivity (Wildman–Crippen MR) is 71.8 cm³/mol. The first kappa shape index (κ1) is 18.4. The maximum absolute atomic E-state index is 13.9. The summed E-state index contributed by atoms with van der Waals surface area (Å²) in [7, 11) is 1.01. The van der Waals surface area contributed by atoms with Crippen LogP contribution in [0.2, 0.25) is 0 Å². The van der Waals surface area contributed by atoms with Gasteiger partial charge in [0.05, 0.1) is 7.11 Å². The predicted octanol–water partition coefficient (Wildman–Crippen LogP) is 3.50. The highest BCUT2D eigenvalue weighted by molar-refractivity contribution is 5.75. The Morgan fingerprint density at radius 1 is 1.33 bits per heavy atom. The highest BCUT2D eigenvalue weighted by Gasteiger charge is 2.66. The van der Waals surface area contributed by atoms with Crippen molar-refractivity contribution in [1.29, 1.82) is 0 Å². The molecule has 1 fully saturated rings. The van der Waals surface area contributed by atoms with Crippen molar-refractivity contribution in [3.63, 3.8) is 0 Å². The number of rotatable bonds is 3. The molecule has 1 aromatic carbocycles. The summed E-state index contributed by atoms with van der Waals surface area (Å²) in [6, 6.07) is 1.72. The lowest BCUT2D eigenvalue weighted by Crippen LogP contribution is -2.47. The maximum Gasteiger partial charge on any atom is 0.417 e. The van der Waals surface area contributed by atoms with Gasteiger partial charge in [-0.05, 0) is 13.0 Å². The third-order valence-corrected chi connectivity index (χ3v) is 4.56. The first-order chi connectivity index (χ1) is 11.0.